The highest BCUT2D eigenvalue weighted by molar-refractivity contribution is 6.14. The maximum absolute atomic E-state index is 13.8. The average molecular weight is 326 g/mol. The van der Waals surface area contributed by atoms with E-state index in [9.17, 15) is 14.0 Å². The van der Waals surface area contributed by atoms with Crippen LogP contribution >= 0.6 is 0 Å². The van der Waals surface area contributed by atoms with Crippen LogP contribution in [0.4, 0.5) is 10.1 Å². The Morgan fingerprint density at radius 1 is 1.17 bits per heavy atom. The van der Waals surface area contributed by atoms with Gasteiger partial charge in [-0.25, -0.2) is 9.18 Å². The molecule has 24 heavy (non-hydrogen) atoms. The molecule has 2 aromatic carbocycles. The molecule has 2 N–H and O–H groups in total. The van der Waals surface area contributed by atoms with Crippen molar-refractivity contribution in [3.05, 3.63) is 65.1 Å². The van der Waals surface area contributed by atoms with E-state index in [0.29, 0.717) is 10.9 Å². The molecule has 0 spiro atoms. The molecule has 1 amide bonds. The van der Waals surface area contributed by atoms with Crippen LogP contribution in [0.1, 0.15) is 26.4 Å². The third kappa shape index (κ3) is 2.74. The Labute approximate surface area is 137 Å². The highest BCUT2D eigenvalue weighted by atomic mass is 19.1. The van der Waals surface area contributed by atoms with Gasteiger partial charge in [-0.1, -0.05) is 23.8 Å². The average Bonchev–Trinajstić information content (AvgIpc) is 2.92. The number of ether oxygens (including phenoxy) is 1. The van der Waals surface area contributed by atoms with Gasteiger partial charge in [0, 0.05) is 10.9 Å². The van der Waals surface area contributed by atoms with Crippen molar-refractivity contribution >= 4 is 28.5 Å². The Balaban J connectivity index is 2.10. The molecule has 3 aromatic rings. The number of carbonyl (C=O) groups excluding carboxylic acids is 2. The number of amides is 1. The van der Waals surface area contributed by atoms with E-state index in [1.54, 1.807) is 12.1 Å². The number of esters is 1. The lowest BCUT2D eigenvalue weighted by Gasteiger charge is -2.07. The second-order valence-electron chi connectivity index (χ2n) is 5.35. The zero-order valence-electron chi connectivity index (χ0n) is 13.1. The summed E-state index contributed by atoms with van der Waals surface area (Å²) in [6.07, 6.45) is 0. The van der Waals surface area contributed by atoms with Crippen molar-refractivity contribution in [2.45, 2.75) is 6.92 Å². The number of carbonyl (C=O) groups is 2. The van der Waals surface area contributed by atoms with Crippen molar-refractivity contribution in [2.75, 3.05) is 12.4 Å². The first kappa shape index (κ1) is 15.7. The van der Waals surface area contributed by atoms with E-state index in [2.05, 4.69) is 10.3 Å². The number of anilines is 1. The zero-order valence-corrected chi connectivity index (χ0v) is 13.1. The highest BCUT2D eigenvalue weighted by Gasteiger charge is 2.21. The molecule has 0 saturated carbocycles. The van der Waals surface area contributed by atoms with Crippen LogP contribution in [-0.2, 0) is 4.74 Å². The number of rotatable bonds is 3. The number of aryl methyl sites for hydroxylation is 1. The molecule has 5 nitrogen and oxygen atoms in total. The van der Waals surface area contributed by atoms with Gasteiger partial charge in [0.1, 0.15) is 11.5 Å². The molecule has 0 fully saturated rings. The predicted molar refractivity (Wildman–Crippen MR) is 88.7 cm³/mol. The van der Waals surface area contributed by atoms with Gasteiger partial charge < -0.3 is 15.0 Å². The van der Waals surface area contributed by atoms with Crippen LogP contribution in [0.5, 0.6) is 0 Å². The second-order valence-corrected chi connectivity index (χ2v) is 5.35. The molecular weight excluding hydrogens is 311 g/mol. The highest BCUT2D eigenvalue weighted by Crippen LogP contribution is 2.30. The lowest BCUT2D eigenvalue weighted by molar-refractivity contribution is 0.0596. The summed E-state index contributed by atoms with van der Waals surface area (Å²) < 4.78 is 18.6. The van der Waals surface area contributed by atoms with Crippen LogP contribution in [-0.4, -0.2) is 24.0 Å². The molecule has 0 aliphatic heterocycles. The van der Waals surface area contributed by atoms with Crippen LogP contribution < -0.4 is 5.32 Å². The first-order valence-electron chi connectivity index (χ1n) is 7.27. The minimum atomic E-state index is -0.638. The molecule has 0 aliphatic rings. The number of nitrogens with one attached hydrogen (secondary N) is 2. The van der Waals surface area contributed by atoms with E-state index < -0.39 is 17.7 Å². The third-order valence-corrected chi connectivity index (χ3v) is 3.70. The summed E-state index contributed by atoms with van der Waals surface area (Å²) in [6, 6.07) is 11.2. The van der Waals surface area contributed by atoms with E-state index in [1.165, 1.54) is 25.3 Å². The van der Waals surface area contributed by atoms with Crippen LogP contribution in [0.2, 0.25) is 0 Å². The zero-order chi connectivity index (χ0) is 17.3. The van der Waals surface area contributed by atoms with Gasteiger partial charge in [-0.3, -0.25) is 4.79 Å². The number of H-pyrrole nitrogens is 1. The van der Waals surface area contributed by atoms with Crippen molar-refractivity contribution < 1.29 is 18.7 Å². The summed E-state index contributed by atoms with van der Waals surface area (Å²) in [4.78, 5) is 27.3. The summed E-state index contributed by atoms with van der Waals surface area (Å²) >= 11 is 0. The summed E-state index contributed by atoms with van der Waals surface area (Å²) in [6.45, 7) is 1.90. The van der Waals surface area contributed by atoms with Crippen LogP contribution in [0, 0.1) is 12.7 Å². The van der Waals surface area contributed by atoms with E-state index in [4.69, 9.17) is 4.74 Å². The quantitative estimate of drug-likeness (QED) is 0.722. The number of hydrogen-bond donors (Lipinski definition) is 2. The number of aromatic nitrogens is 1. The van der Waals surface area contributed by atoms with Crippen LogP contribution in [0.3, 0.4) is 0 Å². The molecule has 1 heterocycles. The molecule has 0 atom stereocenters. The van der Waals surface area contributed by atoms with Crippen molar-refractivity contribution in [3.8, 4) is 0 Å². The molecule has 3 rings (SSSR count). The molecule has 0 bridgehead atoms. The lowest BCUT2D eigenvalue weighted by Crippen LogP contribution is -2.16. The standard InChI is InChI=1S/C18H15FN2O3/c1-10-7-8-14-12(9-10)15(16(20-14)18(23)24-2)21-17(22)11-5-3-4-6-13(11)19/h3-9,20H,1-2H3,(H,21,22). The van der Waals surface area contributed by atoms with E-state index in [0.717, 1.165) is 5.56 Å². The molecule has 1 aromatic heterocycles. The summed E-state index contributed by atoms with van der Waals surface area (Å²) in [7, 11) is 1.25. The number of methoxy groups -OCH3 is 1. The molecule has 6 heteroatoms. The molecule has 0 saturated heterocycles. The van der Waals surface area contributed by atoms with Crippen LogP contribution in [0.25, 0.3) is 10.9 Å². The Morgan fingerprint density at radius 2 is 1.92 bits per heavy atom. The second kappa shape index (κ2) is 6.16. The van der Waals surface area contributed by atoms with Gasteiger partial charge >= 0.3 is 5.97 Å². The normalized spacial score (nSPS) is 10.6. The van der Waals surface area contributed by atoms with Crippen LogP contribution in [0.15, 0.2) is 42.5 Å². The molecule has 0 radical (unpaired) electrons. The summed E-state index contributed by atoms with van der Waals surface area (Å²) in [5, 5.41) is 3.27. The predicted octanol–water partition coefficient (Wildman–Crippen LogP) is 3.65. The van der Waals surface area contributed by atoms with Gasteiger partial charge in [-0.15, -0.1) is 0 Å². The number of hydrogen-bond acceptors (Lipinski definition) is 3. The number of fused-ring (bicyclic) bond motifs is 1. The van der Waals surface area contributed by atoms with Gasteiger partial charge in [-0.05, 0) is 31.2 Å². The molecule has 0 aliphatic carbocycles. The Hall–Kier alpha value is -3.15. The monoisotopic (exact) mass is 326 g/mol. The van der Waals surface area contributed by atoms with E-state index in [-0.39, 0.29) is 16.9 Å². The molecule has 122 valence electrons. The third-order valence-electron chi connectivity index (χ3n) is 3.70. The molecular formula is C18H15FN2O3. The Morgan fingerprint density at radius 3 is 2.62 bits per heavy atom. The minimum absolute atomic E-state index is 0.102. The Kier molecular flexibility index (Phi) is 4.04. The smallest absolute Gasteiger partial charge is 0.356 e. The first-order chi connectivity index (χ1) is 11.5. The lowest BCUT2D eigenvalue weighted by atomic mass is 10.1. The van der Waals surface area contributed by atoms with Crippen molar-refractivity contribution in [2.24, 2.45) is 0 Å². The topological polar surface area (TPSA) is 71.2 Å². The maximum atomic E-state index is 13.8. The van der Waals surface area contributed by atoms with Gasteiger partial charge in [0.15, 0.2) is 0 Å². The van der Waals surface area contributed by atoms with E-state index in [1.807, 2.05) is 19.1 Å². The van der Waals surface area contributed by atoms with Crippen molar-refractivity contribution in [3.63, 3.8) is 0 Å². The minimum Gasteiger partial charge on any atom is -0.464 e. The first-order valence-corrected chi connectivity index (χ1v) is 7.27. The van der Waals surface area contributed by atoms with E-state index >= 15 is 0 Å². The van der Waals surface area contributed by atoms with Gasteiger partial charge in [0.2, 0.25) is 0 Å². The van der Waals surface area contributed by atoms with Crippen molar-refractivity contribution in [1.82, 2.24) is 4.98 Å². The summed E-state index contributed by atoms with van der Waals surface area (Å²) in [5.41, 5.74) is 1.91. The largest absolute Gasteiger partial charge is 0.464 e. The fourth-order valence-corrected chi connectivity index (χ4v) is 2.52. The summed E-state index contributed by atoms with van der Waals surface area (Å²) in [5.74, 6) is -1.89. The van der Waals surface area contributed by atoms with Gasteiger partial charge in [-0.2, -0.15) is 0 Å². The number of halogens is 1. The van der Waals surface area contributed by atoms with Crippen molar-refractivity contribution in [1.29, 1.82) is 0 Å². The van der Waals surface area contributed by atoms with Gasteiger partial charge in [0.05, 0.1) is 18.4 Å². The van der Waals surface area contributed by atoms with Gasteiger partial charge in [0.25, 0.3) is 5.91 Å². The SMILES string of the molecule is COC(=O)c1[nH]c2ccc(C)cc2c1NC(=O)c1ccccc1F. The maximum Gasteiger partial charge on any atom is 0.356 e. The Bertz CT molecular complexity index is 947. The molecule has 0 unspecified atom stereocenters. The fourth-order valence-electron chi connectivity index (χ4n) is 2.52. The number of benzene rings is 2. The number of aromatic amines is 1. The fraction of sp³-hybridized carbons (Fsp3) is 0.111.